The minimum Gasteiger partial charge on any atom is -0.496 e. The molecule has 0 heterocycles. The van der Waals surface area contributed by atoms with Crippen molar-refractivity contribution in [2.45, 2.75) is 13.3 Å². The number of carbonyl (C=O) groups is 1. The van der Waals surface area contributed by atoms with Gasteiger partial charge < -0.3 is 10.1 Å². The minimum atomic E-state index is -0.146. The Bertz CT molecular complexity index is 695. The predicted molar refractivity (Wildman–Crippen MR) is 94.2 cm³/mol. The topological polar surface area (TPSA) is 38.3 Å². The van der Waals surface area contributed by atoms with Gasteiger partial charge in [0.1, 0.15) is 5.75 Å². The molecule has 2 rings (SSSR count). The van der Waals surface area contributed by atoms with Gasteiger partial charge in [-0.25, -0.2) is 0 Å². The maximum atomic E-state index is 12.0. The number of carbonyl (C=O) groups excluding carboxylic acids is 1. The van der Waals surface area contributed by atoms with Crippen molar-refractivity contribution >= 4 is 33.6 Å². The molecule has 0 aliphatic heterocycles. The van der Waals surface area contributed by atoms with Gasteiger partial charge in [-0.3, -0.25) is 4.79 Å². The van der Waals surface area contributed by atoms with E-state index >= 15 is 0 Å². The third-order valence-electron chi connectivity index (χ3n) is 3.26. The number of nitrogens with one attached hydrogen (secondary N) is 1. The molecular weight excluding hydrogens is 342 g/mol. The SMILES string of the molecule is CCc1ccccc1NC(=O)C=Cc1ccc(OC)c(Br)c1. The molecule has 0 aromatic heterocycles. The number of amides is 1. The number of ether oxygens (including phenoxy) is 1. The lowest BCUT2D eigenvalue weighted by atomic mass is 10.1. The lowest BCUT2D eigenvalue weighted by Gasteiger charge is -2.07. The molecule has 4 heteroatoms. The van der Waals surface area contributed by atoms with Crippen LogP contribution in [0.5, 0.6) is 5.75 Å². The number of methoxy groups -OCH3 is 1. The van der Waals surface area contributed by atoms with Crippen molar-refractivity contribution in [3.63, 3.8) is 0 Å². The van der Waals surface area contributed by atoms with E-state index in [9.17, 15) is 4.79 Å². The van der Waals surface area contributed by atoms with Gasteiger partial charge in [-0.1, -0.05) is 31.2 Å². The van der Waals surface area contributed by atoms with E-state index < -0.39 is 0 Å². The summed E-state index contributed by atoms with van der Waals surface area (Å²) in [6.45, 7) is 2.07. The zero-order valence-electron chi connectivity index (χ0n) is 12.6. The highest BCUT2D eigenvalue weighted by atomic mass is 79.9. The van der Waals surface area contributed by atoms with E-state index in [1.54, 1.807) is 13.2 Å². The van der Waals surface area contributed by atoms with E-state index in [4.69, 9.17) is 4.74 Å². The first-order valence-corrected chi connectivity index (χ1v) is 7.84. The van der Waals surface area contributed by atoms with Gasteiger partial charge >= 0.3 is 0 Å². The molecule has 1 amide bonds. The van der Waals surface area contributed by atoms with Gasteiger partial charge in [0, 0.05) is 11.8 Å². The molecule has 0 bridgehead atoms. The van der Waals surface area contributed by atoms with Crippen molar-refractivity contribution < 1.29 is 9.53 Å². The lowest BCUT2D eigenvalue weighted by molar-refractivity contribution is -0.111. The molecule has 114 valence electrons. The number of anilines is 1. The van der Waals surface area contributed by atoms with E-state index in [1.807, 2.05) is 42.5 Å². The first kappa shape index (κ1) is 16.3. The summed E-state index contributed by atoms with van der Waals surface area (Å²) in [5.41, 5.74) is 2.90. The first-order valence-electron chi connectivity index (χ1n) is 7.04. The Kier molecular flexibility index (Phi) is 5.78. The normalized spacial score (nSPS) is 10.7. The summed E-state index contributed by atoms with van der Waals surface area (Å²) in [4.78, 5) is 12.0. The Hall–Kier alpha value is -2.07. The summed E-state index contributed by atoms with van der Waals surface area (Å²) in [7, 11) is 1.62. The fourth-order valence-electron chi connectivity index (χ4n) is 2.08. The van der Waals surface area contributed by atoms with Gasteiger partial charge in [-0.15, -0.1) is 0 Å². The number of hydrogen-bond donors (Lipinski definition) is 1. The molecule has 0 saturated carbocycles. The minimum absolute atomic E-state index is 0.146. The number of benzene rings is 2. The quantitative estimate of drug-likeness (QED) is 0.787. The van der Waals surface area contributed by atoms with E-state index in [-0.39, 0.29) is 5.91 Å². The molecule has 0 atom stereocenters. The van der Waals surface area contributed by atoms with Gasteiger partial charge in [0.15, 0.2) is 0 Å². The summed E-state index contributed by atoms with van der Waals surface area (Å²) in [5, 5.41) is 2.91. The summed E-state index contributed by atoms with van der Waals surface area (Å²) < 4.78 is 6.04. The van der Waals surface area contributed by atoms with Gasteiger partial charge in [-0.05, 0) is 57.8 Å². The van der Waals surface area contributed by atoms with Gasteiger partial charge in [0.25, 0.3) is 0 Å². The van der Waals surface area contributed by atoms with Crippen molar-refractivity contribution in [1.82, 2.24) is 0 Å². The highest BCUT2D eigenvalue weighted by Crippen LogP contribution is 2.26. The van der Waals surface area contributed by atoms with Crippen molar-refractivity contribution in [2.75, 3.05) is 12.4 Å². The maximum Gasteiger partial charge on any atom is 0.248 e. The van der Waals surface area contributed by atoms with Crippen LogP contribution < -0.4 is 10.1 Å². The third kappa shape index (κ3) is 4.21. The van der Waals surface area contributed by atoms with Gasteiger partial charge in [-0.2, -0.15) is 0 Å². The molecule has 0 unspecified atom stereocenters. The van der Waals surface area contributed by atoms with Crippen LogP contribution in [0, 0.1) is 0 Å². The number of halogens is 1. The van der Waals surface area contributed by atoms with Crippen LogP contribution in [0.3, 0.4) is 0 Å². The van der Waals surface area contributed by atoms with E-state index in [1.165, 1.54) is 6.08 Å². The molecule has 0 aliphatic rings. The highest BCUT2D eigenvalue weighted by molar-refractivity contribution is 9.10. The second-order valence-electron chi connectivity index (χ2n) is 4.73. The van der Waals surface area contributed by atoms with E-state index in [0.717, 1.165) is 33.5 Å². The Morgan fingerprint density at radius 3 is 2.73 bits per heavy atom. The molecule has 2 aromatic carbocycles. The highest BCUT2D eigenvalue weighted by Gasteiger charge is 2.03. The number of rotatable bonds is 5. The molecular formula is C18H18BrNO2. The molecule has 2 aromatic rings. The fourth-order valence-corrected chi connectivity index (χ4v) is 2.64. The largest absolute Gasteiger partial charge is 0.496 e. The maximum absolute atomic E-state index is 12.0. The van der Waals surface area contributed by atoms with Gasteiger partial charge in [0.05, 0.1) is 11.6 Å². The van der Waals surface area contributed by atoms with E-state index in [2.05, 4.69) is 28.2 Å². The van der Waals surface area contributed by atoms with Crippen LogP contribution in [0.4, 0.5) is 5.69 Å². The van der Waals surface area contributed by atoms with Crippen LogP contribution in [0.1, 0.15) is 18.1 Å². The molecule has 0 radical (unpaired) electrons. The summed E-state index contributed by atoms with van der Waals surface area (Å²) in [6.07, 6.45) is 4.18. The Labute approximate surface area is 139 Å². The van der Waals surface area contributed by atoms with Crippen LogP contribution in [0.15, 0.2) is 53.0 Å². The van der Waals surface area contributed by atoms with Crippen LogP contribution in [-0.4, -0.2) is 13.0 Å². The first-order chi connectivity index (χ1) is 10.6. The molecule has 0 saturated heterocycles. The number of aryl methyl sites for hydroxylation is 1. The van der Waals surface area contributed by atoms with Crippen LogP contribution in [0.25, 0.3) is 6.08 Å². The molecule has 22 heavy (non-hydrogen) atoms. The molecule has 1 N–H and O–H groups in total. The van der Waals surface area contributed by atoms with Crippen LogP contribution >= 0.6 is 15.9 Å². The van der Waals surface area contributed by atoms with Crippen molar-refractivity contribution in [3.8, 4) is 5.75 Å². The third-order valence-corrected chi connectivity index (χ3v) is 3.88. The summed E-state index contributed by atoms with van der Waals surface area (Å²) >= 11 is 3.43. The average Bonchev–Trinajstić information content (AvgIpc) is 2.53. The van der Waals surface area contributed by atoms with Crippen molar-refractivity contribution in [1.29, 1.82) is 0 Å². The zero-order valence-corrected chi connectivity index (χ0v) is 14.2. The van der Waals surface area contributed by atoms with Crippen molar-refractivity contribution in [3.05, 3.63) is 64.1 Å². The lowest BCUT2D eigenvalue weighted by Crippen LogP contribution is -2.09. The summed E-state index contributed by atoms with van der Waals surface area (Å²) in [5.74, 6) is 0.617. The molecule has 0 aliphatic carbocycles. The number of hydrogen-bond acceptors (Lipinski definition) is 2. The standard InChI is InChI=1S/C18H18BrNO2/c1-3-14-6-4-5-7-16(14)20-18(21)11-9-13-8-10-17(22-2)15(19)12-13/h4-12H,3H2,1-2H3,(H,20,21). The summed E-state index contributed by atoms with van der Waals surface area (Å²) in [6, 6.07) is 13.5. The molecule has 0 fully saturated rings. The Morgan fingerprint density at radius 1 is 1.27 bits per heavy atom. The number of para-hydroxylation sites is 1. The second kappa shape index (κ2) is 7.80. The van der Waals surface area contributed by atoms with Crippen molar-refractivity contribution in [2.24, 2.45) is 0 Å². The zero-order chi connectivity index (χ0) is 15.9. The fraction of sp³-hybridized carbons (Fsp3) is 0.167. The van der Waals surface area contributed by atoms with Crippen LogP contribution in [0.2, 0.25) is 0 Å². The Morgan fingerprint density at radius 2 is 2.05 bits per heavy atom. The van der Waals surface area contributed by atoms with Crippen LogP contribution in [-0.2, 0) is 11.2 Å². The average molecular weight is 360 g/mol. The molecule has 3 nitrogen and oxygen atoms in total. The molecule has 0 spiro atoms. The van der Waals surface area contributed by atoms with E-state index in [0.29, 0.717) is 0 Å². The van der Waals surface area contributed by atoms with Gasteiger partial charge in [0.2, 0.25) is 5.91 Å². The predicted octanol–water partition coefficient (Wildman–Crippen LogP) is 4.67. The Balaban J connectivity index is 2.07. The second-order valence-corrected chi connectivity index (χ2v) is 5.58. The smallest absolute Gasteiger partial charge is 0.248 e. The monoisotopic (exact) mass is 359 g/mol.